The molecule has 1 aliphatic carbocycles. The molecule has 39 heavy (non-hydrogen) atoms. The number of hydrogen-bond acceptors (Lipinski definition) is 8. The highest BCUT2D eigenvalue weighted by Gasteiger charge is 2.16. The number of anilines is 2. The first kappa shape index (κ1) is 26.8. The molecular formula is C29H29F2N5O2S. The van der Waals surface area contributed by atoms with Crippen molar-refractivity contribution in [3.05, 3.63) is 84.3 Å². The number of nitrogens with one attached hydrogen (secondary N) is 2. The van der Waals surface area contributed by atoms with Crippen LogP contribution in [-0.4, -0.2) is 32.7 Å². The second-order valence-electron chi connectivity index (χ2n) is 9.31. The maximum atomic E-state index is 15.0. The maximum absolute atomic E-state index is 15.0. The third-order valence-electron chi connectivity index (χ3n) is 6.48. The molecule has 202 valence electrons. The number of benzene rings is 2. The molecule has 2 heterocycles. The lowest BCUT2D eigenvalue weighted by Crippen LogP contribution is -2.23. The average molecular weight is 550 g/mol. The first-order valence-corrected chi connectivity index (χ1v) is 13.7. The molecule has 0 atom stereocenters. The van der Waals surface area contributed by atoms with E-state index < -0.39 is 11.6 Å². The number of halogens is 2. The molecular weight excluding hydrogens is 520 g/mol. The van der Waals surface area contributed by atoms with E-state index in [4.69, 9.17) is 9.84 Å². The van der Waals surface area contributed by atoms with Crippen molar-refractivity contribution >= 4 is 23.6 Å². The number of nitrogens with zero attached hydrogens (tertiary/aromatic N) is 3. The van der Waals surface area contributed by atoms with E-state index in [9.17, 15) is 4.39 Å². The number of ether oxygens (including phenoxy) is 1. The predicted molar refractivity (Wildman–Crippen MR) is 149 cm³/mol. The maximum Gasteiger partial charge on any atom is 0.223 e. The Kier molecular flexibility index (Phi) is 8.85. The van der Waals surface area contributed by atoms with Gasteiger partial charge in [-0.1, -0.05) is 25.3 Å². The number of aliphatic hydroxyl groups is 1. The fourth-order valence-electron chi connectivity index (χ4n) is 4.46. The molecule has 10 heteroatoms. The van der Waals surface area contributed by atoms with Gasteiger partial charge in [0.25, 0.3) is 0 Å². The Morgan fingerprint density at radius 3 is 2.62 bits per heavy atom. The predicted octanol–water partition coefficient (Wildman–Crippen LogP) is 7.01. The topological polar surface area (TPSA) is 92.2 Å². The van der Waals surface area contributed by atoms with Gasteiger partial charge < -0.3 is 19.9 Å². The summed E-state index contributed by atoms with van der Waals surface area (Å²) in [5, 5.41) is 12.4. The standard InChI is InChI=1S/C29H29F2N5O2S/c30-23-17-21(36-39-28-9-6-19(12-15-37)16-24(28)31)7-8-27(23)38-26-11-13-32-18-22(26)25-10-14-33-29(35-25)34-20-4-2-1-3-5-20/h6-11,13-14,16-18,20,36-37H,1-5,12,15H2,(H,33,34,35). The van der Waals surface area contributed by atoms with Crippen LogP contribution in [-0.2, 0) is 6.42 Å². The van der Waals surface area contributed by atoms with Crippen LogP contribution in [0.25, 0.3) is 11.3 Å². The smallest absolute Gasteiger partial charge is 0.223 e. The molecule has 0 aliphatic heterocycles. The number of aromatic nitrogens is 3. The van der Waals surface area contributed by atoms with E-state index in [1.165, 1.54) is 37.5 Å². The summed E-state index contributed by atoms with van der Waals surface area (Å²) in [5.74, 6) is 0.00153. The van der Waals surface area contributed by atoms with Gasteiger partial charge in [-0.3, -0.25) is 4.98 Å². The van der Waals surface area contributed by atoms with Gasteiger partial charge in [-0.05, 0) is 73.2 Å². The van der Waals surface area contributed by atoms with Crippen LogP contribution < -0.4 is 14.8 Å². The van der Waals surface area contributed by atoms with Crippen LogP contribution in [0.5, 0.6) is 11.5 Å². The summed E-state index contributed by atoms with van der Waals surface area (Å²) in [5.41, 5.74) is 2.39. The number of rotatable bonds is 10. The molecule has 5 rings (SSSR count). The molecule has 1 aliphatic rings. The fourth-order valence-corrected chi connectivity index (χ4v) is 5.11. The van der Waals surface area contributed by atoms with Crippen molar-refractivity contribution in [1.82, 2.24) is 15.0 Å². The van der Waals surface area contributed by atoms with E-state index in [1.54, 1.807) is 48.9 Å². The molecule has 0 radical (unpaired) electrons. The Labute approximate surface area is 230 Å². The third-order valence-corrected chi connectivity index (χ3v) is 7.37. The van der Waals surface area contributed by atoms with Crippen molar-refractivity contribution in [2.24, 2.45) is 0 Å². The zero-order valence-electron chi connectivity index (χ0n) is 21.2. The molecule has 0 amide bonds. The van der Waals surface area contributed by atoms with Gasteiger partial charge in [0.05, 0.1) is 16.2 Å². The second kappa shape index (κ2) is 12.9. The molecule has 0 bridgehead atoms. The Bertz CT molecular complexity index is 1420. The zero-order chi connectivity index (χ0) is 27.0. The van der Waals surface area contributed by atoms with E-state index in [2.05, 4.69) is 25.0 Å². The van der Waals surface area contributed by atoms with Gasteiger partial charge in [-0.15, -0.1) is 0 Å². The zero-order valence-corrected chi connectivity index (χ0v) is 22.1. The van der Waals surface area contributed by atoms with Crippen LogP contribution in [0.3, 0.4) is 0 Å². The van der Waals surface area contributed by atoms with Crippen molar-refractivity contribution in [1.29, 1.82) is 0 Å². The van der Waals surface area contributed by atoms with Crippen LogP contribution in [0, 0.1) is 11.6 Å². The highest BCUT2D eigenvalue weighted by Crippen LogP contribution is 2.35. The quantitative estimate of drug-likeness (QED) is 0.182. The lowest BCUT2D eigenvalue weighted by atomic mass is 9.96. The average Bonchev–Trinajstić information content (AvgIpc) is 2.95. The minimum atomic E-state index is -0.579. The summed E-state index contributed by atoms with van der Waals surface area (Å²) in [4.78, 5) is 13.6. The van der Waals surface area contributed by atoms with Crippen LogP contribution in [0.15, 0.2) is 72.0 Å². The largest absolute Gasteiger partial charge is 0.453 e. The van der Waals surface area contributed by atoms with Gasteiger partial charge in [-0.25, -0.2) is 18.7 Å². The van der Waals surface area contributed by atoms with E-state index in [-0.39, 0.29) is 12.4 Å². The molecule has 4 aromatic rings. The van der Waals surface area contributed by atoms with E-state index in [0.29, 0.717) is 51.6 Å². The Balaban J connectivity index is 1.27. The Morgan fingerprint density at radius 1 is 0.949 bits per heavy atom. The minimum Gasteiger partial charge on any atom is -0.453 e. The minimum absolute atomic E-state index is 0.0344. The highest BCUT2D eigenvalue weighted by molar-refractivity contribution is 8.00. The second-order valence-corrected chi connectivity index (χ2v) is 10.2. The molecule has 0 saturated heterocycles. The van der Waals surface area contributed by atoms with Crippen LogP contribution >= 0.6 is 11.9 Å². The Morgan fingerprint density at radius 2 is 1.82 bits per heavy atom. The summed E-state index contributed by atoms with van der Waals surface area (Å²) >= 11 is 1.04. The van der Waals surface area contributed by atoms with Gasteiger partial charge in [-0.2, -0.15) is 0 Å². The van der Waals surface area contributed by atoms with E-state index in [1.807, 2.05) is 0 Å². The summed E-state index contributed by atoms with van der Waals surface area (Å²) in [6.45, 7) is -0.0450. The van der Waals surface area contributed by atoms with Gasteiger partial charge in [0.2, 0.25) is 5.95 Å². The molecule has 0 spiro atoms. The first-order valence-electron chi connectivity index (χ1n) is 12.9. The molecule has 2 aromatic carbocycles. The number of pyridine rings is 1. The van der Waals surface area contributed by atoms with Crippen LogP contribution in [0.2, 0.25) is 0 Å². The molecule has 1 fully saturated rings. The SMILES string of the molecule is OCCc1ccc(SNc2ccc(Oc3ccncc3-c3ccnc(NC4CCCCC4)n3)c(F)c2)c(F)c1. The fraction of sp³-hybridized carbons (Fsp3) is 0.276. The molecule has 7 nitrogen and oxygen atoms in total. The number of hydrogen-bond donors (Lipinski definition) is 3. The van der Waals surface area contributed by atoms with Gasteiger partial charge >= 0.3 is 0 Å². The normalized spacial score (nSPS) is 13.7. The number of aliphatic hydroxyl groups excluding tert-OH is 1. The lowest BCUT2D eigenvalue weighted by molar-refractivity contribution is 0.299. The Hall–Kier alpha value is -3.76. The van der Waals surface area contributed by atoms with Crippen molar-refractivity contribution in [3.63, 3.8) is 0 Å². The van der Waals surface area contributed by atoms with E-state index >= 15 is 4.39 Å². The van der Waals surface area contributed by atoms with Crippen molar-refractivity contribution < 1.29 is 18.6 Å². The highest BCUT2D eigenvalue weighted by atomic mass is 32.2. The van der Waals surface area contributed by atoms with Gasteiger partial charge in [0, 0.05) is 43.0 Å². The van der Waals surface area contributed by atoms with Crippen molar-refractivity contribution in [3.8, 4) is 22.8 Å². The lowest BCUT2D eigenvalue weighted by Gasteiger charge is -2.22. The van der Waals surface area contributed by atoms with Gasteiger partial charge in [0.1, 0.15) is 11.6 Å². The molecule has 3 N–H and O–H groups in total. The molecule has 0 unspecified atom stereocenters. The van der Waals surface area contributed by atoms with Crippen molar-refractivity contribution in [2.45, 2.75) is 49.5 Å². The summed E-state index contributed by atoms with van der Waals surface area (Å²) in [7, 11) is 0. The summed E-state index contributed by atoms with van der Waals surface area (Å²) in [6, 6.07) is 13.0. The van der Waals surface area contributed by atoms with E-state index in [0.717, 1.165) is 24.8 Å². The van der Waals surface area contributed by atoms with Crippen molar-refractivity contribution in [2.75, 3.05) is 16.6 Å². The van der Waals surface area contributed by atoms with Crippen LogP contribution in [0.4, 0.5) is 20.4 Å². The first-order chi connectivity index (χ1) is 19.1. The van der Waals surface area contributed by atoms with Crippen LogP contribution in [0.1, 0.15) is 37.7 Å². The van der Waals surface area contributed by atoms with Gasteiger partial charge in [0.15, 0.2) is 11.6 Å². The molecule has 1 saturated carbocycles. The summed E-state index contributed by atoms with van der Waals surface area (Å²) < 4.78 is 38.2. The molecule has 2 aromatic heterocycles. The monoisotopic (exact) mass is 549 g/mol. The third kappa shape index (κ3) is 7.01. The summed E-state index contributed by atoms with van der Waals surface area (Å²) in [6.07, 6.45) is 11.1.